The van der Waals surface area contributed by atoms with Crippen molar-refractivity contribution in [3.05, 3.63) is 158 Å². The predicted octanol–water partition coefficient (Wildman–Crippen LogP) is 13.6. The maximum Gasteiger partial charge on any atom is 2.00 e. The third-order valence-corrected chi connectivity index (χ3v) is 14.4. The number of benzene rings is 5. The molecule has 3 aliphatic rings. The van der Waals surface area contributed by atoms with E-state index in [9.17, 15) is 0 Å². The molecule has 0 saturated heterocycles. The van der Waals surface area contributed by atoms with E-state index in [4.69, 9.17) is 9.98 Å². The maximum atomic E-state index is 6.00. The Labute approximate surface area is 377 Å². The summed E-state index contributed by atoms with van der Waals surface area (Å²) in [5.41, 5.74) is 19.9. The number of anilines is 1. The van der Waals surface area contributed by atoms with Crippen LogP contribution in [0.25, 0.3) is 38.8 Å². The number of aryl methyl sites for hydroxylation is 5. The summed E-state index contributed by atoms with van der Waals surface area (Å²) >= 11 is 0. The molecule has 0 bridgehead atoms. The van der Waals surface area contributed by atoms with Gasteiger partial charge < -0.3 is 19.4 Å². The SMILES string of the molecule is Cc1ccc2c(c1)c1cc(C)c(-c3cc(C(C)(C)C)ccn3)[c-]c1n2-c1[c-]c(C2=N[C@]3(C)Cc4cc(C)c(C)cc4[C@@]34CC(C)c3cccc(C)c3N24)cc(C(C)(C)C)c1.[Pt+2]. The first-order chi connectivity index (χ1) is 28.3. The fraction of sp³-hybridized carbons (Fsp3) is 0.357. The minimum absolute atomic E-state index is 0. The average molecular weight is 982 g/mol. The van der Waals surface area contributed by atoms with E-state index in [0.717, 1.165) is 52.2 Å². The molecule has 7 aromatic rings. The summed E-state index contributed by atoms with van der Waals surface area (Å²) in [4.78, 5) is 13.6. The first kappa shape index (κ1) is 41.6. The van der Waals surface area contributed by atoms with E-state index >= 15 is 0 Å². The van der Waals surface area contributed by atoms with E-state index in [1.807, 2.05) is 6.20 Å². The molecule has 5 heteroatoms. The first-order valence-corrected chi connectivity index (χ1v) is 21.9. The van der Waals surface area contributed by atoms with Crippen LogP contribution in [-0.2, 0) is 43.9 Å². The van der Waals surface area contributed by atoms with Gasteiger partial charge in [-0.15, -0.1) is 52.6 Å². The predicted molar refractivity (Wildman–Crippen MR) is 251 cm³/mol. The van der Waals surface area contributed by atoms with Gasteiger partial charge in [-0.3, -0.25) is 0 Å². The van der Waals surface area contributed by atoms with Crippen molar-refractivity contribution >= 4 is 33.3 Å². The molecule has 61 heavy (non-hydrogen) atoms. The van der Waals surface area contributed by atoms with Crippen molar-refractivity contribution in [3.63, 3.8) is 0 Å². The average Bonchev–Trinajstić information content (AvgIpc) is 3.71. The van der Waals surface area contributed by atoms with E-state index in [1.165, 1.54) is 72.1 Å². The molecular formula is C56H58N4Pt. The van der Waals surface area contributed by atoms with Crippen LogP contribution in [0, 0.1) is 46.8 Å². The Hall–Kier alpha value is -4.79. The van der Waals surface area contributed by atoms with Crippen molar-refractivity contribution in [1.82, 2.24) is 9.55 Å². The number of amidine groups is 1. The van der Waals surface area contributed by atoms with Crippen LogP contribution < -0.4 is 4.90 Å². The Morgan fingerprint density at radius 2 is 1.48 bits per heavy atom. The van der Waals surface area contributed by atoms with E-state index in [-0.39, 0.29) is 43.0 Å². The molecule has 0 radical (unpaired) electrons. The molecule has 0 amide bonds. The summed E-state index contributed by atoms with van der Waals surface area (Å²) in [6.07, 6.45) is 3.87. The number of hydrogen-bond acceptors (Lipinski definition) is 3. The molecule has 1 aliphatic carbocycles. The fourth-order valence-corrected chi connectivity index (χ4v) is 11.0. The monoisotopic (exact) mass is 981 g/mol. The summed E-state index contributed by atoms with van der Waals surface area (Å²) in [7, 11) is 0. The molecule has 0 N–H and O–H groups in total. The largest absolute Gasteiger partial charge is 2.00 e. The Kier molecular flexibility index (Phi) is 9.44. The summed E-state index contributed by atoms with van der Waals surface area (Å²) < 4.78 is 2.41. The topological polar surface area (TPSA) is 33.4 Å². The molecular weight excluding hydrogens is 924 g/mol. The van der Waals surface area contributed by atoms with Gasteiger partial charge in [0.1, 0.15) is 0 Å². The molecule has 0 fully saturated rings. The van der Waals surface area contributed by atoms with E-state index in [1.54, 1.807) is 0 Å². The van der Waals surface area contributed by atoms with Crippen LogP contribution in [0.2, 0.25) is 0 Å². The van der Waals surface area contributed by atoms with Gasteiger partial charge in [0.15, 0.2) is 0 Å². The van der Waals surface area contributed by atoms with Crippen molar-refractivity contribution in [2.75, 3.05) is 4.90 Å². The van der Waals surface area contributed by atoms with Crippen LogP contribution in [-0.4, -0.2) is 20.9 Å². The molecule has 1 spiro atoms. The Balaban J connectivity index is 0.00000476. The van der Waals surface area contributed by atoms with Gasteiger partial charge in [0.25, 0.3) is 0 Å². The minimum Gasteiger partial charge on any atom is -0.353 e. The zero-order chi connectivity index (χ0) is 42.4. The molecule has 5 aromatic carbocycles. The van der Waals surface area contributed by atoms with Crippen molar-refractivity contribution in [1.29, 1.82) is 0 Å². The molecule has 0 saturated carbocycles. The number of fused-ring (bicyclic) bond motifs is 6. The molecule has 4 nitrogen and oxygen atoms in total. The van der Waals surface area contributed by atoms with Crippen molar-refractivity contribution in [2.24, 2.45) is 4.99 Å². The van der Waals surface area contributed by atoms with Gasteiger partial charge in [-0.05, 0) is 138 Å². The van der Waals surface area contributed by atoms with Crippen molar-refractivity contribution in [2.45, 2.75) is 131 Å². The second-order valence-electron chi connectivity index (χ2n) is 20.8. The second-order valence-corrected chi connectivity index (χ2v) is 20.8. The van der Waals surface area contributed by atoms with Gasteiger partial charge in [-0.1, -0.05) is 115 Å². The van der Waals surface area contributed by atoms with Gasteiger partial charge in [-0.2, -0.15) is 0 Å². The number of rotatable bonds is 3. The first-order valence-electron chi connectivity index (χ1n) is 21.9. The van der Waals surface area contributed by atoms with Gasteiger partial charge >= 0.3 is 21.1 Å². The van der Waals surface area contributed by atoms with E-state index in [0.29, 0.717) is 5.92 Å². The molecule has 1 unspecified atom stereocenters. The third kappa shape index (κ3) is 6.09. The number of hydrogen-bond donors (Lipinski definition) is 0. The fourth-order valence-electron chi connectivity index (χ4n) is 11.0. The van der Waals surface area contributed by atoms with E-state index < -0.39 is 0 Å². The molecule has 2 aromatic heterocycles. The zero-order valence-electron chi connectivity index (χ0n) is 38.2. The molecule has 4 heterocycles. The molecule has 3 atom stereocenters. The van der Waals surface area contributed by atoms with Gasteiger partial charge in [0.05, 0.1) is 16.9 Å². The van der Waals surface area contributed by atoms with Gasteiger partial charge in [0, 0.05) is 17.4 Å². The van der Waals surface area contributed by atoms with Crippen LogP contribution in [0.4, 0.5) is 5.69 Å². The quantitative estimate of drug-likeness (QED) is 0.165. The summed E-state index contributed by atoms with van der Waals surface area (Å²) in [6.45, 7) is 29.8. The number of para-hydroxylation sites is 1. The minimum atomic E-state index is -0.357. The van der Waals surface area contributed by atoms with Crippen molar-refractivity contribution < 1.29 is 21.1 Å². The standard InChI is InChI=1S/C56H58N4.Pt/c1-32-17-18-49-45(21-32)46-23-36(5)44(48-28-40(19-20-57-48)53(7,8)9)29-50(46)59(49)42-26-38(25-41(27-42)54(10,11)12)52-58-55(13)31-39-22-34(3)35(4)24-47(39)56(55)30-37(6)43-16-14-15-33(2)51(43)60(52)56;/h14-25,27-28,37H,30-31H2,1-13H3;/q-2;+2/t37?,55-,56+;/m1./s1. The summed E-state index contributed by atoms with van der Waals surface area (Å²) in [6, 6.07) is 38.2. The van der Waals surface area contributed by atoms with Gasteiger partial charge in [-0.25, -0.2) is 0 Å². The van der Waals surface area contributed by atoms with Gasteiger partial charge in [0.2, 0.25) is 0 Å². The van der Waals surface area contributed by atoms with Crippen LogP contribution >= 0.6 is 0 Å². The number of aliphatic imine (C=N–C) groups is 1. The molecule has 312 valence electrons. The Bertz CT molecular complexity index is 3010. The molecule has 2 aliphatic heterocycles. The van der Waals surface area contributed by atoms with Crippen LogP contribution in [0.15, 0.2) is 90.1 Å². The van der Waals surface area contributed by atoms with Crippen LogP contribution in [0.3, 0.4) is 0 Å². The Morgan fingerprint density at radius 3 is 2.21 bits per heavy atom. The van der Waals surface area contributed by atoms with Crippen LogP contribution in [0.1, 0.15) is 129 Å². The smallest absolute Gasteiger partial charge is 0.353 e. The van der Waals surface area contributed by atoms with Crippen LogP contribution in [0.5, 0.6) is 0 Å². The second kappa shape index (κ2) is 13.9. The number of aromatic nitrogens is 2. The maximum absolute atomic E-state index is 6.00. The van der Waals surface area contributed by atoms with Crippen molar-refractivity contribution in [3.8, 4) is 16.9 Å². The molecule has 10 rings (SSSR count). The normalized spacial score (nSPS) is 20.6. The Morgan fingerprint density at radius 1 is 0.738 bits per heavy atom. The number of pyridine rings is 1. The zero-order valence-corrected chi connectivity index (χ0v) is 40.5. The summed E-state index contributed by atoms with van der Waals surface area (Å²) in [5.74, 6) is 1.40. The third-order valence-electron chi connectivity index (χ3n) is 14.4. The summed E-state index contributed by atoms with van der Waals surface area (Å²) in [5, 5.41) is 2.41. The number of nitrogens with zero attached hydrogens (tertiary/aromatic N) is 4. The van der Waals surface area contributed by atoms with E-state index in [2.05, 4.69) is 190 Å².